The molecule has 21 heavy (non-hydrogen) atoms. The van der Waals surface area contributed by atoms with Crippen LogP contribution in [0, 0.1) is 0 Å². The number of carboxylic acid groups (broad SMARTS) is 1. The molecule has 0 fully saturated rings. The van der Waals surface area contributed by atoms with Gasteiger partial charge >= 0.3 is 5.97 Å². The van der Waals surface area contributed by atoms with Gasteiger partial charge in [-0.2, -0.15) is 0 Å². The van der Waals surface area contributed by atoms with E-state index in [-0.39, 0.29) is 19.3 Å². The zero-order chi connectivity index (χ0) is 15.8. The summed E-state index contributed by atoms with van der Waals surface area (Å²) in [6, 6.07) is 6.04. The number of aliphatic carboxylic acids is 1. The number of benzene rings is 1. The number of amides is 2. The van der Waals surface area contributed by atoms with Crippen molar-refractivity contribution < 1.29 is 19.5 Å². The Morgan fingerprint density at radius 1 is 1.14 bits per heavy atom. The molecule has 2 amide bonds. The molecule has 0 radical (unpaired) electrons. The summed E-state index contributed by atoms with van der Waals surface area (Å²) in [4.78, 5) is 32.8. The first kappa shape index (κ1) is 16.6. The molecular formula is C14H19N3O4. The minimum atomic E-state index is -0.854. The van der Waals surface area contributed by atoms with E-state index in [9.17, 15) is 14.4 Å². The van der Waals surface area contributed by atoms with Gasteiger partial charge in [-0.1, -0.05) is 12.1 Å². The summed E-state index contributed by atoms with van der Waals surface area (Å²) in [5.41, 5.74) is 12.1. The molecule has 1 rings (SSSR count). The minimum absolute atomic E-state index is 0.0582. The average Bonchev–Trinajstić information content (AvgIpc) is 2.43. The molecule has 7 nitrogen and oxygen atoms in total. The van der Waals surface area contributed by atoms with Crippen molar-refractivity contribution in [2.45, 2.75) is 31.7 Å². The van der Waals surface area contributed by atoms with E-state index < -0.39 is 23.8 Å². The summed E-state index contributed by atoms with van der Waals surface area (Å²) >= 11 is 0. The molecule has 6 N–H and O–H groups in total. The monoisotopic (exact) mass is 293 g/mol. The topological polar surface area (TPSA) is 136 Å². The van der Waals surface area contributed by atoms with E-state index in [2.05, 4.69) is 5.32 Å². The third kappa shape index (κ3) is 6.53. The van der Waals surface area contributed by atoms with Crippen LogP contribution in [0.25, 0.3) is 0 Å². The van der Waals surface area contributed by atoms with Gasteiger partial charge in [-0.3, -0.25) is 14.4 Å². The minimum Gasteiger partial charge on any atom is -0.481 e. The molecule has 0 saturated carbocycles. The normalized spacial score (nSPS) is 11.7. The van der Waals surface area contributed by atoms with Crippen LogP contribution in [0.15, 0.2) is 24.3 Å². The molecule has 1 aromatic rings. The molecule has 0 heterocycles. The van der Waals surface area contributed by atoms with Crippen molar-refractivity contribution in [3.63, 3.8) is 0 Å². The van der Waals surface area contributed by atoms with Gasteiger partial charge in [-0.25, -0.2) is 0 Å². The van der Waals surface area contributed by atoms with Gasteiger partial charge in [0.2, 0.25) is 11.8 Å². The number of hydrogen-bond acceptors (Lipinski definition) is 4. The lowest BCUT2D eigenvalue weighted by atomic mass is 10.1. The number of primary amides is 1. The molecule has 1 atom stereocenters. The number of nitrogens with two attached hydrogens (primary N) is 2. The molecule has 0 bridgehead atoms. The number of rotatable bonds is 8. The van der Waals surface area contributed by atoms with Crippen LogP contribution in [0.4, 0.5) is 5.69 Å². The van der Waals surface area contributed by atoms with E-state index in [1.54, 1.807) is 24.3 Å². The van der Waals surface area contributed by atoms with Gasteiger partial charge in [0.15, 0.2) is 0 Å². The van der Waals surface area contributed by atoms with Crippen LogP contribution in [0.3, 0.4) is 0 Å². The van der Waals surface area contributed by atoms with Crippen LogP contribution in [0.2, 0.25) is 0 Å². The van der Waals surface area contributed by atoms with E-state index in [0.717, 1.165) is 5.56 Å². The Morgan fingerprint density at radius 2 is 1.76 bits per heavy atom. The second kappa shape index (κ2) is 8.01. The van der Waals surface area contributed by atoms with Crippen molar-refractivity contribution in [1.29, 1.82) is 0 Å². The van der Waals surface area contributed by atoms with Crippen molar-refractivity contribution >= 4 is 23.5 Å². The molecule has 114 valence electrons. The van der Waals surface area contributed by atoms with Gasteiger partial charge in [0.25, 0.3) is 0 Å². The molecular weight excluding hydrogens is 274 g/mol. The fourth-order valence-corrected chi connectivity index (χ4v) is 1.67. The van der Waals surface area contributed by atoms with Gasteiger partial charge in [0.05, 0.1) is 6.04 Å². The van der Waals surface area contributed by atoms with Crippen LogP contribution in [0.1, 0.15) is 24.8 Å². The van der Waals surface area contributed by atoms with Crippen molar-refractivity contribution in [3.05, 3.63) is 29.8 Å². The Bertz CT molecular complexity index is 513. The highest BCUT2D eigenvalue weighted by atomic mass is 16.4. The first-order valence-electron chi connectivity index (χ1n) is 6.54. The Hall–Kier alpha value is -2.41. The van der Waals surface area contributed by atoms with Gasteiger partial charge < -0.3 is 21.9 Å². The second-order valence-corrected chi connectivity index (χ2v) is 4.69. The van der Waals surface area contributed by atoms with Gasteiger partial charge in [-0.05, 0) is 30.5 Å². The maximum absolute atomic E-state index is 11.8. The van der Waals surface area contributed by atoms with Crippen molar-refractivity contribution in [1.82, 2.24) is 0 Å². The summed E-state index contributed by atoms with van der Waals surface area (Å²) in [5, 5.41) is 11.2. The summed E-state index contributed by atoms with van der Waals surface area (Å²) < 4.78 is 0. The third-order valence-corrected chi connectivity index (χ3v) is 2.89. The third-order valence-electron chi connectivity index (χ3n) is 2.89. The van der Waals surface area contributed by atoms with Gasteiger partial charge in [-0.15, -0.1) is 0 Å². The highest BCUT2D eigenvalue weighted by Crippen LogP contribution is 2.12. The number of carbonyl (C=O) groups excluding carboxylic acids is 2. The lowest BCUT2D eigenvalue weighted by Crippen LogP contribution is -2.36. The summed E-state index contributed by atoms with van der Waals surface area (Å²) in [7, 11) is 0. The van der Waals surface area contributed by atoms with Crippen LogP contribution < -0.4 is 16.8 Å². The van der Waals surface area contributed by atoms with E-state index >= 15 is 0 Å². The van der Waals surface area contributed by atoms with E-state index in [1.165, 1.54) is 0 Å². The first-order chi connectivity index (χ1) is 9.88. The lowest BCUT2D eigenvalue weighted by Gasteiger charge is -2.11. The number of carbonyl (C=O) groups is 3. The SMILES string of the molecule is NC(=O)CC[C@H](N)C(=O)Nc1ccc(CCC(=O)O)cc1. The molecule has 0 unspecified atom stereocenters. The molecule has 1 aromatic carbocycles. The number of nitrogens with one attached hydrogen (secondary N) is 1. The zero-order valence-corrected chi connectivity index (χ0v) is 11.5. The molecule has 0 spiro atoms. The predicted molar refractivity (Wildman–Crippen MR) is 77.4 cm³/mol. The molecule has 0 aliphatic heterocycles. The molecule has 0 aliphatic rings. The largest absolute Gasteiger partial charge is 0.481 e. The number of hydrogen-bond donors (Lipinski definition) is 4. The second-order valence-electron chi connectivity index (χ2n) is 4.69. The molecule has 0 aromatic heterocycles. The highest BCUT2D eigenvalue weighted by Gasteiger charge is 2.14. The van der Waals surface area contributed by atoms with Gasteiger partial charge in [0.1, 0.15) is 0 Å². The van der Waals surface area contributed by atoms with Crippen molar-refractivity contribution in [2.75, 3.05) is 5.32 Å². The van der Waals surface area contributed by atoms with E-state index in [1.807, 2.05) is 0 Å². The number of carboxylic acids is 1. The standard InChI is InChI=1S/C14H19N3O4/c15-11(6-7-12(16)18)14(21)17-10-4-1-9(2-5-10)3-8-13(19)20/h1-2,4-5,11H,3,6-8,15H2,(H2,16,18)(H,17,21)(H,19,20)/t11-/m0/s1. The molecule has 0 aliphatic carbocycles. The lowest BCUT2D eigenvalue weighted by molar-refractivity contribution is -0.137. The number of anilines is 1. The smallest absolute Gasteiger partial charge is 0.303 e. The maximum atomic E-state index is 11.8. The first-order valence-corrected chi connectivity index (χ1v) is 6.54. The summed E-state index contributed by atoms with van der Waals surface area (Å²) in [6.07, 6.45) is 0.742. The van der Waals surface area contributed by atoms with E-state index in [0.29, 0.717) is 12.1 Å². The predicted octanol–water partition coefficient (Wildman–Crippen LogP) is 0.235. The van der Waals surface area contributed by atoms with Crippen LogP contribution >= 0.6 is 0 Å². The molecule has 0 saturated heterocycles. The Morgan fingerprint density at radius 3 is 2.29 bits per heavy atom. The highest BCUT2D eigenvalue weighted by molar-refractivity contribution is 5.94. The Labute approximate surface area is 122 Å². The fraction of sp³-hybridized carbons (Fsp3) is 0.357. The van der Waals surface area contributed by atoms with Crippen molar-refractivity contribution in [3.8, 4) is 0 Å². The number of aryl methyl sites for hydroxylation is 1. The van der Waals surface area contributed by atoms with Crippen LogP contribution in [-0.4, -0.2) is 28.9 Å². The van der Waals surface area contributed by atoms with Gasteiger partial charge in [0, 0.05) is 18.5 Å². The van der Waals surface area contributed by atoms with E-state index in [4.69, 9.17) is 16.6 Å². The Kier molecular flexibility index (Phi) is 6.35. The van der Waals surface area contributed by atoms with Crippen molar-refractivity contribution in [2.24, 2.45) is 11.5 Å². The molecule has 7 heteroatoms. The Balaban J connectivity index is 2.49. The zero-order valence-electron chi connectivity index (χ0n) is 11.5. The van der Waals surface area contributed by atoms with Crippen LogP contribution in [0.5, 0.6) is 0 Å². The maximum Gasteiger partial charge on any atom is 0.303 e. The summed E-state index contributed by atoms with van der Waals surface area (Å²) in [5.74, 6) is -1.75. The fourth-order valence-electron chi connectivity index (χ4n) is 1.67. The average molecular weight is 293 g/mol. The summed E-state index contributed by atoms with van der Waals surface area (Å²) in [6.45, 7) is 0. The quantitative estimate of drug-likeness (QED) is 0.544. The van der Waals surface area contributed by atoms with Crippen LogP contribution in [-0.2, 0) is 20.8 Å².